The van der Waals surface area contributed by atoms with Crippen molar-refractivity contribution in [3.8, 4) is 0 Å². The summed E-state index contributed by atoms with van der Waals surface area (Å²) in [4.78, 5) is 8.98. The maximum absolute atomic E-state index is 8.98. The lowest BCUT2D eigenvalue weighted by Gasteiger charge is -1.48. The summed E-state index contributed by atoms with van der Waals surface area (Å²) in [6.07, 6.45) is 0. The minimum atomic E-state index is -0.889. The topological polar surface area (TPSA) is 17.1 Å². The second-order valence-electron chi connectivity index (χ2n) is 0.226. The van der Waals surface area contributed by atoms with Crippen LogP contribution in [0.25, 0.3) is 0 Å². The molecule has 0 unspecified atom stereocenters. The first-order valence-corrected chi connectivity index (χ1v) is 1.34. The molecule has 0 fully saturated rings. The van der Waals surface area contributed by atoms with E-state index >= 15 is 0 Å². The van der Waals surface area contributed by atoms with Gasteiger partial charge in [-0.05, 0) is 23.2 Å². The number of hydrogen-bond acceptors (Lipinski definition) is 1. The fraction of sp³-hybridized carbons (Fsp3) is 0. The van der Waals surface area contributed by atoms with Crippen LogP contribution in [0.5, 0.6) is 0 Å². The van der Waals surface area contributed by atoms with Gasteiger partial charge in [-0.1, -0.05) is 0 Å². The van der Waals surface area contributed by atoms with Gasteiger partial charge in [0.25, 0.3) is 0 Å². The van der Waals surface area contributed by atoms with E-state index in [1.807, 2.05) is 0 Å². The molecule has 0 saturated heterocycles. The molecule has 0 aliphatic rings. The van der Waals surface area contributed by atoms with Gasteiger partial charge in [0.2, 0.25) is 0 Å². The standard InChI is InChI=1S/CCl2O/c2-1(3)4/p+1. The summed E-state index contributed by atoms with van der Waals surface area (Å²) in [7, 11) is 0. The van der Waals surface area contributed by atoms with Crippen LogP contribution in [0.4, 0.5) is 4.79 Å². The minimum Gasteiger partial charge on any atom is -0.262 e. The maximum Gasteiger partial charge on any atom is 1.00 e. The predicted octanol–water partition coefficient (Wildman–Crippen LogP) is 1.70. The van der Waals surface area contributed by atoms with Crippen molar-refractivity contribution in [1.82, 2.24) is 0 Å². The fourth-order valence-corrected chi connectivity index (χ4v) is 0. The normalized spacial score (nSPS) is 6.50. The first kappa shape index (κ1) is 4.25. The third-order valence-electron chi connectivity index (χ3n) is 0. The van der Waals surface area contributed by atoms with Crippen LogP contribution in [0, 0.1) is 0 Å². The molecule has 0 aliphatic carbocycles. The number of rotatable bonds is 0. The summed E-state index contributed by atoms with van der Waals surface area (Å²) in [6, 6.07) is 0. The molecule has 0 radical (unpaired) electrons. The summed E-state index contributed by atoms with van der Waals surface area (Å²) in [5.74, 6) is 0. The van der Waals surface area contributed by atoms with Gasteiger partial charge < -0.3 is 0 Å². The minimum absolute atomic E-state index is 0. The molecule has 0 atom stereocenters. The molecular weight excluding hydrogens is 98.9 g/mol. The summed E-state index contributed by atoms with van der Waals surface area (Å²) >= 11 is 8.80. The third-order valence-corrected chi connectivity index (χ3v) is 0. The molecule has 0 heterocycles. The highest BCUT2D eigenvalue weighted by molar-refractivity contribution is 6.93. The average molecular weight is 99.9 g/mol. The van der Waals surface area contributed by atoms with E-state index in [1.54, 1.807) is 0 Å². The zero-order valence-electron chi connectivity index (χ0n) is 2.66. The molecule has 0 spiro atoms. The molecule has 0 aliphatic heterocycles. The Bertz CT molecular complexity index is 32.6. The zero-order valence-corrected chi connectivity index (χ0v) is 3.18. The smallest absolute Gasteiger partial charge is 0.262 e. The Morgan fingerprint density at radius 2 is 1.75 bits per heavy atom. The van der Waals surface area contributed by atoms with Crippen molar-refractivity contribution in [2.75, 3.05) is 0 Å². The molecule has 24 valence electrons. The van der Waals surface area contributed by atoms with Gasteiger partial charge >= 0.3 is 6.13 Å². The molecule has 0 N–H and O–H groups in total. The highest BCUT2D eigenvalue weighted by Gasteiger charge is 1.72. The van der Waals surface area contributed by atoms with Crippen LogP contribution >= 0.6 is 23.2 Å². The van der Waals surface area contributed by atoms with Crippen LogP contribution in [-0.2, 0) is 0 Å². The largest absolute Gasteiger partial charge is 1.00 e. The molecule has 0 amide bonds. The van der Waals surface area contributed by atoms with Crippen LogP contribution in [0.2, 0.25) is 0 Å². The van der Waals surface area contributed by atoms with Crippen molar-refractivity contribution in [2.24, 2.45) is 0 Å². The zero-order chi connectivity index (χ0) is 3.58. The van der Waals surface area contributed by atoms with E-state index in [2.05, 4.69) is 23.2 Å². The van der Waals surface area contributed by atoms with E-state index < -0.39 is 4.70 Å². The fourth-order valence-electron chi connectivity index (χ4n) is 0. The lowest BCUT2D eigenvalue weighted by atomic mass is 11.8. The van der Waals surface area contributed by atoms with Crippen molar-refractivity contribution in [1.29, 1.82) is 0 Å². The number of hydrogen-bond donors (Lipinski definition) is 0. The van der Waals surface area contributed by atoms with E-state index in [4.69, 9.17) is 4.79 Å². The van der Waals surface area contributed by atoms with Crippen molar-refractivity contribution >= 4 is 27.9 Å². The lowest BCUT2D eigenvalue weighted by Crippen LogP contribution is -1.46. The summed E-state index contributed by atoms with van der Waals surface area (Å²) in [6.45, 7) is 0. The molecule has 3 heteroatoms. The Balaban J connectivity index is 0. The van der Waals surface area contributed by atoms with Crippen molar-refractivity contribution in [2.45, 2.75) is 0 Å². The average Bonchev–Trinajstić information content (AvgIpc) is 0.811. The Morgan fingerprint density at radius 3 is 1.75 bits per heavy atom. The SMILES string of the molecule is O=C(Cl)Cl.[H+]. The quantitative estimate of drug-likeness (QED) is 0.423. The van der Waals surface area contributed by atoms with Crippen LogP contribution in [0.15, 0.2) is 0 Å². The molecule has 4 heavy (non-hydrogen) atoms. The van der Waals surface area contributed by atoms with Crippen LogP contribution in [-0.4, -0.2) is 4.70 Å². The molecule has 1 nitrogen and oxygen atoms in total. The number of halogens is 2. The summed E-state index contributed by atoms with van der Waals surface area (Å²) in [5.41, 5.74) is 0. The van der Waals surface area contributed by atoms with Gasteiger partial charge in [-0.15, -0.1) is 0 Å². The summed E-state index contributed by atoms with van der Waals surface area (Å²) < 4.78 is -0.889. The Hall–Kier alpha value is 0.250. The van der Waals surface area contributed by atoms with Gasteiger partial charge in [0.05, 0.1) is 0 Å². The third kappa shape index (κ3) is 56.3. The van der Waals surface area contributed by atoms with Gasteiger partial charge in [-0.3, -0.25) is 4.79 Å². The molecule has 0 rings (SSSR count). The second kappa shape index (κ2) is 1.56. The molecule has 0 aromatic carbocycles. The van der Waals surface area contributed by atoms with Gasteiger partial charge in [0.15, 0.2) is 0 Å². The molecule has 0 saturated carbocycles. The first-order chi connectivity index (χ1) is 1.73. The number of carbonyl (C=O) groups excluding carboxylic acids is 1. The summed E-state index contributed by atoms with van der Waals surface area (Å²) in [5, 5.41) is 0. The Kier molecular flexibility index (Phi) is 1.66. The van der Waals surface area contributed by atoms with E-state index in [0.717, 1.165) is 0 Å². The molecule has 0 aromatic rings. The predicted molar refractivity (Wildman–Crippen MR) is 18.2 cm³/mol. The lowest BCUT2D eigenvalue weighted by molar-refractivity contribution is 0.275. The van der Waals surface area contributed by atoms with Crippen LogP contribution in [0.3, 0.4) is 0 Å². The monoisotopic (exact) mass is 98.9 g/mol. The highest BCUT2D eigenvalue weighted by atomic mass is 35.5. The highest BCUT2D eigenvalue weighted by Crippen LogP contribution is 1.84. The first-order valence-electron chi connectivity index (χ1n) is 0.582. The van der Waals surface area contributed by atoms with E-state index in [-0.39, 0.29) is 1.43 Å². The van der Waals surface area contributed by atoms with Gasteiger partial charge in [-0.2, -0.15) is 0 Å². The molecule has 0 aromatic heterocycles. The van der Waals surface area contributed by atoms with Gasteiger partial charge in [-0.25, -0.2) is 0 Å². The molecule has 0 bridgehead atoms. The Labute approximate surface area is 35.0 Å². The molecular formula is CHCl2O+. The Morgan fingerprint density at radius 1 is 1.75 bits per heavy atom. The van der Waals surface area contributed by atoms with Crippen molar-refractivity contribution in [3.05, 3.63) is 0 Å². The maximum atomic E-state index is 8.98. The van der Waals surface area contributed by atoms with E-state index in [9.17, 15) is 0 Å². The van der Waals surface area contributed by atoms with E-state index in [0.29, 0.717) is 0 Å². The van der Waals surface area contributed by atoms with Crippen molar-refractivity contribution in [3.63, 3.8) is 0 Å². The van der Waals surface area contributed by atoms with Crippen LogP contribution in [0.1, 0.15) is 1.43 Å². The van der Waals surface area contributed by atoms with E-state index in [1.165, 1.54) is 0 Å². The van der Waals surface area contributed by atoms with Gasteiger partial charge in [0, 0.05) is 0 Å². The number of carbonyl (C=O) groups is 1. The van der Waals surface area contributed by atoms with Crippen molar-refractivity contribution < 1.29 is 6.22 Å². The van der Waals surface area contributed by atoms with Crippen LogP contribution < -0.4 is 0 Å². The van der Waals surface area contributed by atoms with Gasteiger partial charge in [0.1, 0.15) is 0 Å². The second-order valence-corrected chi connectivity index (χ2v) is 1.11.